The van der Waals surface area contributed by atoms with Crippen molar-refractivity contribution in [3.05, 3.63) is 116 Å². The molecule has 2 heterocycles. The Morgan fingerprint density at radius 2 is 1.63 bits per heavy atom. The molecule has 1 atom stereocenters. The molecule has 1 aliphatic heterocycles. The number of carbonyl (C=O) groups is 1. The summed E-state index contributed by atoms with van der Waals surface area (Å²) >= 11 is 12.5. The van der Waals surface area contributed by atoms with E-state index in [0.717, 1.165) is 11.1 Å². The number of halogens is 2. The summed E-state index contributed by atoms with van der Waals surface area (Å²) < 4.78 is 5.92. The number of amides is 1. The average molecular weight is 436 g/mol. The maximum Gasteiger partial charge on any atom is 0.291 e. The lowest BCUT2D eigenvalue weighted by Crippen LogP contribution is -2.29. The van der Waals surface area contributed by atoms with Crippen molar-refractivity contribution in [2.75, 3.05) is 0 Å². The second-order valence-corrected chi connectivity index (χ2v) is 8.00. The average Bonchev–Trinajstić information content (AvgIpc) is 3.03. The lowest BCUT2D eigenvalue weighted by Gasteiger charge is -2.25. The summed E-state index contributed by atoms with van der Waals surface area (Å²) in [5.74, 6) is -0.275. The van der Waals surface area contributed by atoms with Gasteiger partial charge in [-0.05, 0) is 35.4 Å². The fourth-order valence-electron chi connectivity index (χ4n) is 3.95. The Bertz CT molecular complexity index is 1350. The molecule has 4 aromatic rings. The minimum atomic E-state index is -0.579. The number of nitrogens with zero attached hydrogens (tertiary/aromatic N) is 1. The molecule has 0 aliphatic carbocycles. The van der Waals surface area contributed by atoms with Gasteiger partial charge in [0.15, 0.2) is 5.43 Å². The Morgan fingerprint density at radius 3 is 2.40 bits per heavy atom. The van der Waals surface area contributed by atoms with Gasteiger partial charge in [-0.25, -0.2) is 0 Å². The highest BCUT2D eigenvalue weighted by Crippen LogP contribution is 2.39. The van der Waals surface area contributed by atoms with Crippen LogP contribution in [0.2, 0.25) is 10.0 Å². The number of fused-ring (bicyclic) bond motifs is 2. The third-order valence-electron chi connectivity index (χ3n) is 5.34. The van der Waals surface area contributed by atoms with E-state index in [9.17, 15) is 9.59 Å². The van der Waals surface area contributed by atoms with Crippen LogP contribution in [0.1, 0.15) is 33.3 Å². The van der Waals surface area contributed by atoms with Crippen molar-refractivity contribution in [1.82, 2.24) is 4.90 Å². The highest BCUT2D eigenvalue weighted by atomic mass is 35.5. The predicted molar refractivity (Wildman–Crippen MR) is 117 cm³/mol. The van der Waals surface area contributed by atoms with Crippen LogP contribution in [0.5, 0.6) is 0 Å². The Labute approximate surface area is 182 Å². The Balaban J connectivity index is 1.74. The molecule has 0 saturated carbocycles. The number of benzene rings is 3. The minimum Gasteiger partial charge on any atom is -0.450 e. The van der Waals surface area contributed by atoms with Gasteiger partial charge < -0.3 is 9.32 Å². The van der Waals surface area contributed by atoms with E-state index < -0.39 is 6.04 Å². The summed E-state index contributed by atoms with van der Waals surface area (Å²) in [6, 6.07) is 21.0. The summed E-state index contributed by atoms with van der Waals surface area (Å²) in [6.45, 7) is 0.249. The quantitative estimate of drug-likeness (QED) is 0.405. The predicted octanol–water partition coefficient (Wildman–Crippen LogP) is 5.85. The van der Waals surface area contributed by atoms with Crippen LogP contribution in [0.15, 0.2) is 82.0 Å². The lowest BCUT2D eigenvalue weighted by atomic mass is 9.98. The van der Waals surface area contributed by atoms with E-state index in [-0.39, 0.29) is 23.6 Å². The van der Waals surface area contributed by atoms with E-state index in [4.69, 9.17) is 27.6 Å². The Hall–Kier alpha value is -3.08. The molecule has 5 rings (SSSR count). The van der Waals surface area contributed by atoms with Gasteiger partial charge in [0, 0.05) is 16.6 Å². The SMILES string of the molecule is O=C1c2oc3ccc(Cl)cc3c(=O)c2C(c2ccccc2)N1Cc1ccccc1Cl. The van der Waals surface area contributed by atoms with Crippen molar-refractivity contribution in [2.24, 2.45) is 0 Å². The molecule has 4 nitrogen and oxygen atoms in total. The van der Waals surface area contributed by atoms with Crippen LogP contribution in [-0.2, 0) is 6.54 Å². The first-order valence-corrected chi connectivity index (χ1v) is 10.2. The van der Waals surface area contributed by atoms with E-state index in [1.807, 2.05) is 48.5 Å². The molecule has 1 aromatic heterocycles. The van der Waals surface area contributed by atoms with Crippen LogP contribution in [0.25, 0.3) is 11.0 Å². The van der Waals surface area contributed by atoms with Crippen molar-refractivity contribution in [2.45, 2.75) is 12.6 Å². The van der Waals surface area contributed by atoms with Gasteiger partial charge in [-0.2, -0.15) is 0 Å². The van der Waals surface area contributed by atoms with E-state index in [1.54, 1.807) is 29.2 Å². The molecule has 30 heavy (non-hydrogen) atoms. The van der Waals surface area contributed by atoms with Gasteiger partial charge in [-0.1, -0.05) is 71.7 Å². The monoisotopic (exact) mass is 435 g/mol. The van der Waals surface area contributed by atoms with E-state index >= 15 is 0 Å². The zero-order chi connectivity index (χ0) is 20.8. The smallest absolute Gasteiger partial charge is 0.291 e. The maximum absolute atomic E-state index is 13.4. The highest BCUT2D eigenvalue weighted by Gasteiger charge is 2.42. The molecule has 0 radical (unpaired) electrons. The van der Waals surface area contributed by atoms with Gasteiger partial charge in [0.25, 0.3) is 5.91 Å². The molecule has 0 saturated heterocycles. The van der Waals surface area contributed by atoms with Crippen molar-refractivity contribution in [3.8, 4) is 0 Å². The molecule has 1 aliphatic rings. The van der Waals surface area contributed by atoms with Crippen LogP contribution in [-0.4, -0.2) is 10.8 Å². The molecule has 0 N–H and O–H groups in total. The molecule has 1 amide bonds. The van der Waals surface area contributed by atoms with Crippen molar-refractivity contribution >= 4 is 40.1 Å². The largest absolute Gasteiger partial charge is 0.450 e. The van der Waals surface area contributed by atoms with Crippen LogP contribution >= 0.6 is 23.2 Å². The lowest BCUT2D eigenvalue weighted by molar-refractivity contribution is 0.0714. The fraction of sp³-hybridized carbons (Fsp3) is 0.0833. The van der Waals surface area contributed by atoms with Crippen LogP contribution in [0, 0.1) is 0 Å². The van der Waals surface area contributed by atoms with Crippen molar-refractivity contribution in [3.63, 3.8) is 0 Å². The second kappa shape index (κ2) is 7.31. The standard InChI is InChI=1S/C24H15Cl2NO3/c25-16-10-11-19-17(12-16)22(28)20-21(14-6-2-1-3-7-14)27(24(29)23(20)30-19)13-15-8-4-5-9-18(15)26/h1-12,21H,13H2. The fourth-order valence-corrected chi connectivity index (χ4v) is 4.32. The Kier molecular flexibility index (Phi) is 4.61. The zero-order valence-corrected chi connectivity index (χ0v) is 17.2. The number of hydrogen-bond donors (Lipinski definition) is 0. The normalized spacial score (nSPS) is 15.6. The van der Waals surface area contributed by atoms with Crippen molar-refractivity contribution < 1.29 is 9.21 Å². The summed E-state index contributed by atoms with van der Waals surface area (Å²) in [5, 5.41) is 1.35. The molecule has 3 aromatic carbocycles. The first kappa shape index (κ1) is 18.9. The van der Waals surface area contributed by atoms with Crippen molar-refractivity contribution in [1.29, 1.82) is 0 Å². The molecular formula is C24H15Cl2NO3. The third kappa shape index (κ3) is 3.00. The molecule has 148 valence electrons. The van der Waals surface area contributed by atoms with Gasteiger partial charge in [0.2, 0.25) is 5.76 Å². The maximum atomic E-state index is 13.4. The third-order valence-corrected chi connectivity index (χ3v) is 5.95. The van der Waals surface area contributed by atoms with Gasteiger partial charge in [-0.3, -0.25) is 9.59 Å². The number of rotatable bonds is 3. The topological polar surface area (TPSA) is 50.5 Å². The first-order chi connectivity index (χ1) is 14.5. The summed E-state index contributed by atoms with van der Waals surface area (Å²) in [6.07, 6.45) is 0. The van der Waals surface area contributed by atoms with Gasteiger partial charge >= 0.3 is 0 Å². The summed E-state index contributed by atoms with van der Waals surface area (Å²) in [7, 11) is 0. The summed E-state index contributed by atoms with van der Waals surface area (Å²) in [4.78, 5) is 28.5. The van der Waals surface area contributed by atoms with Gasteiger partial charge in [0.05, 0.1) is 17.0 Å². The van der Waals surface area contributed by atoms with Gasteiger partial charge in [0.1, 0.15) is 5.58 Å². The van der Waals surface area contributed by atoms with Crippen LogP contribution in [0.3, 0.4) is 0 Å². The van der Waals surface area contributed by atoms with Crippen LogP contribution < -0.4 is 5.43 Å². The Morgan fingerprint density at radius 1 is 0.900 bits per heavy atom. The molecule has 0 spiro atoms. The number of hydrogen-bond acceptors (Lipinski definition) is 3. The van der Waals surface area contributed by atoms with E-state index in [0.29, 0.717) is 26.6 Å². The molecule has 0 fully saturated rings. The van der Waals surface area contributed by atoms with Crippen LogP contribution in [0.4, 0.5) is 0 Å². The number of carbonyl (C=O) groups excluding carboxylic acids is 1. The molecule has 6 heteroatoms. The molecular weight excluding hydrogens is 421 g/mol. The molecule has 0 bridgehead atoms. The summed E-state index contributed by atoms with van der Waals surface area (Å²) in [5.41, 5.74) is 2.03. The zero-order valence-electron chi connectivity index (χ0n) is 15.6. The first-order valence-electron chi connectivity index (χ1n) is 9.40. The highest BCUT2D eigenvalue weighted by molar-refractivity contribution is 6.31. The molecule has 1 unspecified atom stereocenters. The van der Waals surface area contributed by atoms with Gasteiger partial charge in [-0.15, -0.1) is 0 Å². The minimum absolute atomic E-state index is 0.0655. The second-order valence-electron chi connectivity index (χ2n) is 7.15. The van der Waals surface area contributed by atoms with E-state index in [1.165, 1.54) is 0 Å². The van der Waals surface area contributed by atoms with E-state index in [2.05, 4.69) is 0 Å².